The second-order valence-electron chi connectivity index (χ2n) is 18.4. The molecule has 5 heterocycles. The quantitative estimate of drug-likeness (QED) is 0.149. The Labute approximate surface area is 433 Å². The van der Waals surface area contributed by atoms with Gasteiger partial charge in [0, 0.05) is 71.4 Å². The van der Waals surface area contributed by atoms with Gasteiger partial charge in [-0.05, 0) is 60.6 Å². The molecule has 350 valence electrons. The van der Waals surface area contributed by atoms with Gasteiger partial charge in [-0.15, -0.1) is 0 Å². The number of nitrogens with zero attached hydrogens (tertiary/aromatic N) is 8. The molecule has 0 spiro atoms. The van der Waals surface area contributed by atoms with Crippen LogP contribution in [0, 0.1) is 0 Å². The van der Waals surface area contributed by atoms with Crippen molar-refractivity contribution in [2.24, 2.45) is 0 Å². The largest absolute Gasteiger partial charge is 0.456 e. The smallest absolute Gasteiger partial charge is 0.166 e. The van der Waals surface area contributed by atoms with Crippen molar-refractivity contribution in [3.05, 3.63) is 243 Å². The van der Waals surface area contributed by atoms with Crippen molar-refractivity contribution in [1.82, 2.24) is 39.0 Å². The Bertz CT molecular complexity index is 4770. The number of furan rings is 1. The van der Waals surface area contributed by atoms with E-state index in [-0.39, 0.29) is 46.6 Å². The van der Waals surface area contributed by atoms with Crippen LogP contribution < -0.4 is 0 Å². The third-order valence-corrected chi connectivity index (χ3v) is 14.0. The Kier molecular flexibility index (Phi) is 8.98. The SMILES string of the molecule is [2H]c1c([2H])c(-n2c3ccccc3c3ccc4c(c5ccccc5n4-c4ccc5oc6ccccc6c5c4)c32)c(-c2nc(-c3ccccc3)nc(-c3ccccc3)n2)c([2H])c1-c1nc(-c2ccccc2)nc(-c2ccccc2)n1. The van der Waals surface area contributed by atoms with Gasteiger partial charge in [-0.25, -0.2) is 29.9 Å². The van der Waals surface area contributed by atoms with Gasteiger partial charge >= 0.3 is 0 Å². The molecular weight excluding hydrogens is 921 g/mol. The third kappa shape index (κ3) is 7.01. The summed E-state index contributed by atoms with van der Waals surface area (Å²) in [5.74, 6) is 1.67. The average molecular weight is 964 g/mol. The first kappa shape index (κ1) is 39.3. The minimum atomic E-state index is -0.246. The van der Waals surface area contributed by atoms with Crippen LogP contribution in [0.5, 0.6) is 0 Å². The van der Waals surface area contributed by atoms with Gasteiger partial charge in [0.2, 0.25) is 0 Å². The van der Waals surface area contributed by atoms with Gasteiger partial charge in [-0.3, -0.25) is 0 Å². The molecule has 10 aromatic carbocycles. The minimum absolute atomic E-state index is 0.0307. The minimum Gasteiger partial charge on any atom is -0.456 e. The topological polar surface area (TPSA) is 100 Å². The van der Waals surface area contributed by atoms with Crippen molar-refractivity contribution in [2.75, 3.05) is 0 Å². The summed E-state index contributed by atoms with van der Waals surface area (Å²) in [6.45, 7) is 0. The molecule has 9 heteroatoms. The lowest BCUT2D eigenvalue weighted by molar-refractivity contribution is 0.669. The fourth-order valence-corrected chi connectivity index (χ4v) is 10.6. The molecule has 0 N–H and O–H groups in total. The second-order valence-corrected chi connectivity index (χ2v) is 18.4. The van der Waals surface area contributed by atoms with E-state index in [1.807, 2.05) is 170 Å². The molecule has 0 fully saturated rings. The molecule has 15 aromatic rings. The third-order valence-electron chi connectivity index (χ3n) is 14.0. The number of rotatable bonds is 8. The Balaban J connectivity index is 1.09. The highest BCUT2D eigenvalue weighted by atomic mass is 16.3. The number of fused-ring (bicyclic) bond motifs is 10. The van der Waals surface area contributed by atoms with E-state index in [9.17, 15) is 4.11 Å². The Morgan fingerprint density at radius 2 is 0.800 bits per heavy atom. The molecule has 0 saturated heterocycles. The summed E-state index contributed by atoms with van der Waals surface area (Å²) in [7, 11) is 0. The summed E-state index contributed by atoms with van der Waals surface area (Å²) in [5.41, 5.74) is 9.43. The molecule has 15 rings (SSSR count). The van der Waals surface area contributed by atoms with Crippen LogP contribution in [0.4, 0.5) is 0 Å². The molecular formula is C66H40N8O. The summed E-state index contributed by atoms with van der Waals surface area (Å²) in [6.07, 6.45) is 0. The number of hydrogen-bond acceptors (Lipinski definition) is 7. The van der Waals surface area contributed by atoms with Crippen molar-refractivity contribution in [1.29, 1.82) is 0 Å². The Morgan fingerprint density at radius 3 is 1.39 bits per heavy atom. The van der Waals surface area contributed by atoms with Crippen LogP contribution >= 0.6 is 0 Å². The summed E-state index contributed by atoms with van der Waals surface area (Å²) < 4.78 is 42.1. The monoisotopic (exact) mass is 963 g/mol. The first-order valence-corrected chi connectivity index (χ1v) is 24.7. The van der Waals surface area contributed by atoms with E-state index in [0.29, 0.717) is 23.3 Å². The summed E-state index contributed by atoms with van der Waals surface area (Å²) in [4.78, 5) is 30.6. The zero-order chi connectivity index (χ0) is 52.0. The lowest BCUT2D eigenvalue weighted by Gasteiger charge is -2.17. The van der Waals surface area contributed by atoms with Crippen molar-refractivity contribution in [3.8, 4) is 79.7 Å². The van der Waals surface area contributed by atoms with Crippen molar-refractivity contribution >= 4 is 65.6 Å². The van der Waals surface area contributed by atoms with Gasteiger partial charge in [-0.2, -0.15) is 0 Å². The van der Waals surface area contributed by atoms with Gasteiger partial charge in [0.15, 0.2) is 34.9 Å². The Hall–Kier alpha value is -10.4. The van der Waals surface area contributed by atoms with Gasteiger partial charge in [0.25, 0.3) is 0 Å². The number of benzene rings is 10. The summed E-state index contributed by atoms with van der Waals surface area (Å²) in [6, 6.07) is 73.2. The molecule has 75 heavy (non-hydrogen) atoms. The Morgan fingerprint density at radius 1 is 0.333 bits per heavy atom. The fourth-order valence-electron chi connectivity index (χ4n) is 10.6. The van der Waals surface area contributed by atoms with Gasteiger partial charge in [0.05, 0.1) is 31.9 Å². The lowest BCUT2D eigenvalue weighted by atomic mass is 10.0. The summed E-state index contributed by atoms with van der Waals surface area (Å²) >= 11 is 0. The maximum absolute atomic E-state index is 10.7. The average Bonchev–Trinajstić information content (AvgIpc) is 4.33. The van der Waals surface area contributed by atoms with E-state index in [1.165, 1.54) is 0 Å². The maximum atomic E-state index is 10.7. The fraction of sp³-hybridized carbons (Fsp3) is 0. The van der Waals surface area contributed by atoms with Gasteiger partial charge < -0.3 is 13.6 Å². The normalized spacial score (nSPS) is 12.3. The molecule has 0 aliphatic rings. The molecule has 0 aliphatic heterocycles. The zero-order valence-electron chi connectivity index (χ0n) is 42.8. The highest BCUT2D eigenvalue weighted by Crippen LogP contribution is 2.45. The van der Waals surface area contributed by atoms with Crippen LogP contribution in [0.25, 0.3) is 145 Å². The van der Waals surface area contributed by atoms with E-state index in [0.717, 1.165) is 93.5 Å². The molecule has 9 nitrogen and oxygen atoms in total. The predicted octanol–water partition coefficient (Wildman–Crippen LogP) is 16.2. The van der Waals surface area contributed by atoms with Crippen LogP contribution in [0.2, 0.25) is 0 Å². The number of para-hydroxylation sites is 3. The molecule has 0 saturated carbocycles. The zero-order valence-corrected chi connectivity index (χ0v) is 39.8. The lowest BCUT2D eigenvalue weighted by Crippen LogP contribution is -2.05. The van der Waals surface area contributed by atoms with Gasteiger partial charge in [-0.1, -0.05) is 182 Å². The van der Waals surface area contributed by atoms with Crippen molar-refractivity contribution < 1.29 is 8.53 Å². The first-order valence-electron chi connectivity index (χ1n) is 26.2. The van der Waals surface area contributed by atoms with Crippen LogP contribution in [0.3, 0.4) is 0 Å². The van der Waals surface area contributed by atoms with E-state index in [1.54, 1.807) is 0 Å². The number of aromatic nitrogens is 8. The molecule has 0 aliphatic carbocycles. The molecule has 0 atom stereocenters. The van der Waals surface area contributed by atoms with Crippen molar-refractivity contribution in [3.63, 3.8) is 0 Å². The molecule has 0 amide bonds. The first-order chi connectivity index (χ1) is 38.4. The standard InChI is InChI=1S/C66H40N8O/c1-5-19-41(20-6-1)61-67-62(42-21-7-2-8-22-42)70-65(69-61)45-33-36-55(52(39-45)66-71-63(43-23-9-3-10-24-43)68-64(72-66)44-25-11-4-12-26-44)74-53-30-16-13-27-47(53)49-35-37-56-59(60(49)74)50-29-14-17-31-54(50)73(56)46-34-38-58-51(40-46)48-28-15-18-32-57(48)75-58/h1-40H/i33D,36D,39D. The number of hydrogen-bond donors (Lipinski definition) is 0. The summed E-state index contributed by atoms with van der Waals surface area (Å²) in [5, 5.41) is 5.78. The van der Waals surface area contributed by atoms with E-state index >= 15 is 0 Å². The molecule has 0 unspecified atom stereocenters. The molecule has 0 bridgehead atoms. The van der Waals surface area contributed by atoms with Crippen LogP contribution in [-0.2, 0) is 0 Å². The van der Waals surface area contributed by atoms with Gasteiger partial charge in [0.1, 0.15) is 11.2 Å². The molecule has 0 radical (unpaired) electrons. The molecule has 5 aromatic heterocycles. The highest BCUT2D eigenvalue weighted by molar-refractivity contribution is 6.26. The van der Waals surface area contributed by atoms with Crippen LogP contribution in [0.1, 0.15) is 4.11 Å². The highest BCUT2D eigenvalue weighted by Gasteiger charge is 2.25. The van der Waals surface area contributed by atoms with Crippen LogP contribution in [0.15, 0.2) is 247 Å². The second kappa shape index (κ2) is 17.1. The van der Waals surface area contributed by atoms with E-state index in [4.69, 9.17) is 34.3 Å². The predicted molar refractivity (Wildman–Crippen MR) is 302 cm³/mol. The van der Waals surface area contributed by atoms with Crippen molar-refractivity contribution in [2.45, 2.75) is 0 Å². The van der Waals surface area contributed by atoms with E-state index < -0.39 is 0 Å². The van der Waals surface area contributed by atoms with Crippen LogP contribution in [-0.4, -0.2) is 39.0 Å². The van der Waals surface area contributed by atoms with E-state index in [2.05, 4.69) is 63.7 Å². The maximum Gasteiger partial charge on any atom is 0.166 e.